The Morgan fingerprint density at radius 2 is 1.91 bits per heavy atom. The first-order valence-electron chi connectivity index (χ1n) is 7.60. The molecule has 0 bridgehead atoms. The van der Waals surface area contributed by atoms with Crippen LogP contribution in [-0.2, 0) is 4.74 Å². The van der Waals surface area contributed by atoms with Crippen LogP contribution in [0.5, 0.6) is 5.75 Å². The molecule has 2 unspecified atom stereocenters. The van der Waals surface area contributed by atoms with Gasteiger partial charge >= 0.3 is 0 Å². The van der Waals surface area contributed by atoms with Crippen molar-refractivity contribution < 1.29 is 9.47 Å². The number of rotatable bonds is 4. The Morgan fingerprint density at radius 3 is 2.61 bits per heavy atom. The summed E-state index contributed by atoms with van der Waals surface area (Å²) in [5.74, 6) is 0.806. The van der Waals surface area contributed by atoms with Crippen LogP contribution in [0.15, 0.2) is 48.5 Å². The van der Waals surface area contributed by atoms with Crippen LogP contribution in [0.3, 0.4) is 0 Å². The van der Waals surface area contributed by atoms with Crippen molar-refractivity contribution in [1.82, 2.24) is 4.90 Å². The van der Waals surface area contributed by atoms with Gasteiger partial charge in [0.15, 0.2) is 6.10 Å². The van der Waals surface area contributed by atoms with E-state index in [-0.39, 0.29) is 12.2 Å². The van der Waals surface area contributed by atoms with Gasteiger partial charge in [-0.05, 0) is 36.9 Å². The summed E-state index contributed by atoms with van der Waals surface area (Å²) in [4.78, 5) is 2.24. The molecular formula is C18H19Cl2NO2. The summed E-state index contributed by atoms with van der Waals surface area (Å²) in [7, 11) is 2.09. The molecule has 1 aliphatic heterocycles. The first-order valence-corrected chi connectivity index (χ1v) is 8.36. The van der Waals surface area contributed by atoms with Crippen LogP contribution >= 0.6 is 23.2 Å². The van der Waals surface area contributed by atoms with Crippen molar-refractivity contribution in [3.05, 3.63) is 64.1 Å². The van der Waals surface area contributed by atoms with Gasteiger partial charge in [-0.25, -0.2) is 0 Å². The maximum Gasteiger partial charge on any atom is 0.151 e. The number of hydrogen-bond donors (Lipinski definition) is 0. The quantitative estimate of drug-likeness (QED) is 0.812. The minimum Gasteiger partial charge on any atom is -0.483 e. The molecule has 3 nitrogen and oxygen atoms in total. The SMILES string of the molecule is CN1CCOC(C(Oc2ccccc2)c2ccc(Cl)c(Cl)c2)C1. The normalized spacial score (nSPS) is 20.2. The third kappa shape index (κ3) is 4.18. The molecule has 0 spiro atoms. The Kier molecular flexibility index (Phi) is 5.44. The van der Waals surface area contributed by atoms with E-state index in [0.717, 1.165) is 24.4 Å². The van der Waals surface area contributed by atoms with Crippen molar-refractivity contribution in [2.75, 3.05) is 26.7 Å². The average Bonchev–Trinajstić information content (AvgIpc) is 2.56. The van der Waals surface area contributed by atoms with E-state index in [1.54, 1.807) is 6.07 Å². The molecule has 1 heterocycles. The Morgan fingerprint density at radius 1 is 1.13 bits per heavy atom. The van der Waals surface area contributed by atoms with Crippen LogP contribution in [0.4, 0.5) is 0 Å². The van der Waals surface area contributed by atoms with E-state index in [4.69, 9.17) is 32.7 Å². The zero-order chi connectivity index (χ0) is 16.2. The second kappa shape index (κ2) is 7.54. The van der Waals surface area contributed by atoms with Gasteiger partial charge in [0.25, 0.3) is 0 Å². The maximum absolute atomic E-state index is 6.23. The highest BCUT2D eigenvalue weighted by atomic mass is 35.5. The molecule has 1 aliphatic rings. The maximum atomic E-state index is 6.23. The molecule has 0 saturated carbocycles. The van der Waals surface area contributed by atoms with Crippen molar-refractivity contribution in [3.63, 3.8) is 0 Å². The molecule has 0 aromatic heterocycles. The summed E-state index contributed by atoms with van der Waals surface area (Å²) < 4.78 is 12.2. The molecule has 122 valence electrons. The lowest BCUT2D eigenvalue weighted by Gasteiger charge is -2.35. The third-order valence-electron chi connectivity index (χ3n) is 3.91. The molecule has 0 amide bonds. The molecule has 2 aromatic carbocycles. The molecule has 1 saturated heterocycles. The van der Waals surface area contributed by atoms with E-state index < -0.39 is 0 Å². The molecule has 0 N–H and O–H groups in total. The van der Waals surface area contributed by atoms with E-state index >= 15 is 0 Å². The Labute approximate surface area is 146 Å². The number of halogens is 2. The highest BCUT2D eigenvalue weighted by Crippen LogP contribution is 2.32. The van der Waals surface area contributed by atoms with Crippen LogP contribution < -0.4 is 4.74 Å². The average molecular weight is 352 g/mol. The van der Waals surface area contributed by atoms with E-state index in [2.05, 4.69) is 11.9 Å². The lowest BCUT2D eigenvalue weighted by Crippen LogP contribution is -2.44. The number of likely N-dealkylation sites (N-methyl/N-ethyl adjacent to an activating group) is 1. The summed E-state index contributed by atoms with van der Waals surface area (Å²) in [6, 6.07) is 15.4. The lowest BCUT2D eigenvalue weighted by atomic mass is 10.0. The van der Waals surface area contributed by atoms with Gasteiger partial charge in [-0.1, -0.05) is 47.5 Å². The predicted octanol–water partition coefficient (Wildman–Crippen LogP) is 4.44. The van der Waals surface area contributed by atoms with Gasteiger partial charge in [-0.15, -0.1) is 0 Å². The van der Waals surface area contributed by atoms with Gasteiger partial charge in [0.1, 0.15) is 11.9 Å². The van der Waals surface area contributed by atoms with E-state index in [0.29, 0.717) is 16.7 Å². The summed E-state index contributed by atoms with van der Waals surface area (Å²) in [6.45, 7) is 2.42. The first kappa shape index (κ1) is 16.6. The first-order chi connectivity index (χ1) is 11.1. The van der Waals surface area contributed by atoms with Gasteiger partial charge < -0.3 is 14.4 Å². The molecule has 0 radical (unpaired) electrons. The van der Waals surface area contributed by atoms with Crippen LogP contribution in [0, 0.1) is 0 Å². The number of hydrogen-bond acceptors (Lipinski definition) is 3. The number of para-hydroxylation sites is 1. The number of ether oxygens (including phenoxy) is 2. The third-order valence-corrected chi connectivity index (χ3v) is 4.65. The second-order valence-electron chi connectivity index (χ2n) is 5.70. The smallest absolute Gasteiger partial charge is 0.151 e. The fourth-order valence-corrected chi connectivity index (χ4v) is 2.99. The van der Waals surface area contributed by atoms with Crippen molar-refractivity contribution in [3.8, 4) is 5.75 Å². The topological polar surface area (TPSA) is 21.7 Å². The van der Waals surface area contributed by atoms with Gasteiger partial charge in [0.2, 0.25) is 0 Å². The van der Waals surface area contributed by atoms with Crippen LogP contribution in [0.25, 0.3) is 0 Å². The fraction of sp³-hybridized carbons (Fsp3) is 0.333. The highest BCUT2D eigenvalue weighted by molar-refractivity contribution is 6.42. The molecule has 2 aromatic rings. The molecular weight excluding hydrogens is 333 g/mol. The van der Waals surface area contributed by atoms with Gasteiger partial charge in [-0.3, -0.25) is 0 Å². The number of morpholine rings is 1. The standard InChI is InChI=1S/C18H19Cl2NO2/c1-21-9-10-22-17(12-21)18(23-14-5-3-2-4-6-14)13-7-8-15(19)16(20)11-13/h2-8,11,17-18H,9-10,12H2,1H3. The zero-order valence-electron chi connectivity index (χ0n) is 12.9. The summed E-state index contributed by atoms with van der Waals surface area (Å²) in [5, 5.41) is 1.06. The van der Waals surface area contributed by atoms with Crippen LogP contribution in [0.2, 0.25) is 10.0 Å². The predicted molar refractivity (Wildman–Crippen MR) is 93.5 cm³/mol. The van der Waals surface area contributed by atoms with Gasteiger partial charge in [0, 0.05) is 13.1 Å². The molecule has 1 fully saturated rings. The molecule has 5 heteroatoms. The van der Waals surface area contributed by atoms with Crippen molar-refractivity contribution in [1.29, 1.82) is 0 Å². The van der Waals surface area contributed by atoms with Crippen LogP contribution in [0.1, 0.15) is 11.7 Å². The molecule has 23 heavy (non-hydrogen) atoms. The van der Waals surface area contributed by atoms with E-state index in [1.807, 2.05) is 42.5 Å². The number of benzene rings is 2. The summed E-state index contributed by atoms with van der Waals surface area (Å²) in [5.41, 5.74) is 0.962. The largest absolute Gasteiger partial charge is 0.483 e. The minimum absolute atomic E-state index is 0.0637. The van der Waals surface area contributed by atoms with Gasteiger partial charge in [0.05, 0.1) is 16.7 Å². The molecule has 2 atom stereocenters. The fourth-order valence-electron chi connectivity index (χ4n) is 2.69. The zero-order valence-corrected chi connectivity index (χ0v) is 14.4. The van der Waals surface area contributed by atoms with E-state index in [1.165, 1.54) is 0 Å². The molecule has 3 rings (SSSR count). The second-order valence-corrected chi connectivity index (χ2v) is 6.51. The number of nitrogens with zero attached hydrogens (tertiary/aromatic N) is 1. The van der Waals surface area contributed by atoms with E-state index in [9.17, 15) is 0 Å². The Bertz CT molecular complexity index is 651. The Hall–Kier alpha value is -1.26. The highest BCUT2D eigenvalue weighted by Gasteiger charge is 2.30. The van der Waals surface area contributed by atoms with Gasteiger partial charge in [-0.2, -0.15) is 0 Å². The van der Waals surface area contributed by atoms with Crippen LogP contribution in [-0.4, -0.2) is 37.7 Å². The molecule has 0 aliphatic carbocycles. The monoisotopic (exact) mass is 351 g/mol. The Balaban J connectivity index is 1.90. The van der Waals surface area contributed by atoms with Crippen molar-refractivity contribution >= 4 is 23.2 Å². The summed E-state index contributed by atoms with van der Waals surface area (Å²) in [6.07, 6.45) is -0.305. The minimum atomic E-state index is -0.241. The van der Waals surface area contributed by atoms with Crippen molar-refractivity contribution in [2.24, 2.45) is 0 Å². The lowest BCUT2D eigenvalue weighted by molar-refractivity contribution is -0.0759. The van der Waals surface area contributed by atoms with Crippen molar-refractivity contribution in [2.45, 2.75) is 12.2 Å². The summed E-state index contributed by atoms with van der Waals surface area (Å²) >= 11 is 12.2.